The van der Waals surface area contributed by atoms with Crippen molar-refractivity contribution in [1.82, 2.24) is 5.32 Å². The highest BCUT2D eigenvalue weighted by Crippen LogP contribution is 2.21. The summed E-state index contributed by atoms with van der Waals surface area (Å²) < 4.78 is 0.478. The molecule has 0 aliphatic carbocycles. The number of hydrogen-bond acceptors (Lipinski definition) is 3. The lowest BCUT2D eigenvalue weighted by Crippen LogP contribution is -2.41. The SMILES string of the molecule is CC(C)(C)NCC(=O)Nc1ccc(Br)c(C(=O)O)c1. The maximum Gasteiger partial charge on any atom is 0.336 e. The summed E-state index contributed by atoms with van der Waals surface area (Å²) in [5, 5.41) is 14.7. The normalized spacial score (nSPS) is 11.2. The zero-order valence-corrected chi connectivity index (χ0v) is 12.7. The van der Waals surface area contributed by atoms with Gasteiger partial charge in [0.05, 0.1) is 12.1 Å². The topological polar surface area (TPSA) is 78.4 Å². The van der Waals surface area contributed by atoms with E-state index in [0.717, 1.165) is 0 Å². The fourth-order valence-electron chi connectivity index (χ4n) is 1.32. The molecule has 0 heterocycles. The van der Waals surface area contributed by atoms with Crippen LogP contribution in [0.25, 0.3) is 0 Å². The molecule has 0 aliphatic rings. The molecule has 3 N–H and O–H groups in total. The Bertz CT molecular complexity index is 495. The third-order valence-corrected chi connectivity index (χ3v) is 2.95. The van der Waals surface area contributed by atoms with Crippen LogP contribution in [-0.2, 0) is 4.79 Å². The number of benzene rings is 1. The van der Waals surface area contributed by atoms with Gasteiger partial charge in [0.2, 0.25) is 5.91 Å². The first kappa shape index (κ1) is 15.7. The molecule has 5 nitrogen and oxygen atoms in total. The Labute approximate surface area is 120 Å². The van der Waals surface area contributed by atoms with Crippen molar-refractivity contribution in [2.24, 2.45) is 0 Å². The molecule has 0 saturated carbocycles. The van der Waals surface area contributed by atoms with Crippen LogP contribution in [0, 0.1) is 0 Å². The largest absolute Gasteiger partial charge is 0.478 e. The summed E-state index contributed by atoms with van der Waals surface area (Å²) in [7, 11) is 0. The molecule has 0 saturated heterocycles. The average Bonchev–Trinajstić information content (AvgIpc) is 2.28. The Morgan fingerprint density at radius 2 is 1.95 bits per heavy atom. The van der Waals surface area contributed by atoms with E-state index in [4.69, 9.17) is 5.11 Å². The van der Waals surface area contributed by atoms with E-state index in [0.29, 0.717) is 10.2 Å². The smallest absolute Gasteiger partial charge is 0.336 e. The van der Waals surface area contributed by atoms with Gasteiger partial charge in [-0.3, -0.25) is 4.79 Å². The standard InChI is InChI=1S/C13H17BrN2O3/c1-13(2,3)15-7-11(17)16-8-4-5-10(14)9(6-8)12(18)19/h4-6,15H,7H2,1-3H3,(H,16,17)(H,18,19). The molecule has 1 rings (SSSR count). The van der Waals surface area contributed by atoms with Gasteiger partial charge in [0, 0.05) is 15.7 Å². The monoisotopic (exact) mass is 328 g/mol. The molecule has 6 heteroatoms. The van der Waals surface area contributed by atoms with Crippen molar-refractivity contribution in [1.29, 1.82) is 0 Å². The van der Waals surface area contributed by atoms with Gasteiger partial charge < -0.3 is 15.7 Å². The van der Waals surface area contributed by atoms with Crippen LogP contribution in [0.1, 0.15) is 31.1 Å². The maximum absolute atomic E-state index is 11.7. The van der Waals surface area contributed by atoms with Crippen molar-refractivity contribution < 1.29 is 14.7 Å². The van der Waals surface area contributed by atoms with E-state index in [1.807, 2.05) is 20.8 Å². The lowest BCUT2D eigenvalue weighted by atomic mass is 10.1. The number of carbonyl (C=O) groups is 2. The molecule has 0 aliphatic heterocycles. The predicted molar refractivity (Wildman–Crippen MR) is 77.5 cm³/mol. The molecule has 0 spiro atoms. The average molecular weight is 329 g/mol. The number of aromatic carboxylic acids is 1. The van der Waals surface area contributed by atoms with Gasteiger partial charge in [0.25, 0.3) is 0 Å². The quantitative estimate of drug-likeness (QED) is 0.793. The number of carboxylic acids is 1. The van der Waals surface area contributed by atoms with Crippen molar-refractivity contribution in [3.63, 3.8) is 0 Å². The highest BCUT2D eigenvalue weighted by atomic mass is 79.9. The van der Waals surface area contributed by atoms with E-state index >= 15 is 0 Å². The Kier molecular flexibility index (Phi) is 5.08. The number of anilines is 1. The van der Waals surface area contributed by atoms with E-state index in [1.54, 1.807) is 12.1 Å². The Hall–Kier alpha value is -1.40. The second-order valence-corrected chi connectivity index (χ2v) is 6.01. The van der Waals surface area contributed by atoms with Gasteiger partial charge in [0.15, 0.2) is 0 Å². The second-order valence-electron chi connectivity index (χ2n) is 5.15. The fraction of sp³-hybridized carbons (Fsp3) is 0.385. The molecule has 1 amide bonds. The third kappa shape index (κ3) is 5.40. The number of rotatable bonds is 4. The zero-order chi connectivity index (χ0) is 14.6. The predicted octanol–water partition coefficient (Wildman–Crippen LogP) is 2.47. The van der Waals surface area contributed by atoms with Crippen molar-refractivity contribution in [3.8, 4) is 0 Å². The van der Waals surface area contributed by atoms with E-state index in [-0.39, 0.29) is 23.6 Å². The minimum absolute atomic E-state index is 0.113. The summed E-state index contributed by atoms with van der Waals surface area (Å²) in [5.74, 6) is -1.26. The van der Waals surface area contributed by atoms with Crippen LogP contribution in [0.3, 0.4) is 0 Å². The molecule has 19 heavy (non-hydrogen) atoms. The highest BCUT2D eigenvalue weighted by Gasteiger charge is 2.13. The molecule has 0 aromatic heterocycles. The van der Waals surface area contributed by atoms with Gasteiger partial charge in [-0.2, -0.15) is 0 Å². The molecule has 104 valence electrons. The van der Waals surface area contributed by atoms with E-state index in [1.165, 1.54) is 6.07 Å². The molecule has 0 fully saturated rings. The third-order valence-electron chi connectivity index (χ3n) is 2.26. The van der Waals surface area contributed by atoms with Crippen LogP contribution in [0.15, 0.2) is 22.7 Å². The fourth-order valence-corrected chi connectivity index (χ4v) is 1.73. The number of halogens is 1. The van der Waals surface area contributed by atoms with Gasteiger partial charge in [-0.1, -0.05) is 0 Å². The Morgan fingerprint density at radius 3 is 2.47 bits per heavy atom. The van der Waals surface area contributed by atoms with E-state index < -0.39 is 5.97 Å². The van der Waals surface area contributed by atoms with E-state index in [9.17, 15) is 9.59 Å². The summed E-state index contributed by atoms with van der Waals surface area (Å²) >= 11 is 3.15. The minimum atomic E-state index is -1.05. The van der Waals surface area contributed by atoms with Gasteiger partial charge in [0.1, 0.15) is 0 Å². The summed E-state index contributed by atoms with van der Waals surface area (Å²) in [4.78, 5) is 22.7. The molecule has 0 radical (unpaired) electrons. The molecular weight excluding hydrogens is 312 g/mol. The Morgan fingerprint density at radius 1 is 1.32 bits per heavy atom. The van der Waals surface area contributed by atoms with Gasteiger partial charge in [-0.25, -0.2) is 4.79 Å². The van der Waals surface area contributed by atoms with Crippen LogP contribution < -0.4 is 10.6 Å². The lowest BCUT2D eigenvalue weighted by molar-refractivity contribution is -0.115. The molecule has 1 aromatic carbocycles. The first-order valence-corrected chi connectivity index (χ1v) is 6.56. The summed E-state index contributed by atoms with van der Waals surface area (Å²) in [5.41, 5.74) is 0.423. The lowest BCUT2D eigenvalue weighted by Gasteiger charge is -2.20. The zero-order valence-electron chi connectivity index (χ0n) is 11.1. The molecule has 0 bridgehead atoms. The van der Waals surface area contributed by atoms with Crippen molar-refractivity contribution in [3.05, 3.63) is 28.2 Å². The number of amides is 1. The summed E-state index contributed by atoms with van der Waals surface area (Å²) in [6.45, 7) is 6.05. The van der Waals surface area contributed by atoms with Crippen LogP contribution in [0.5, 0.6) is 0 Å². The Balaban J connectivity index is 2.70. The first-order chi connectivity index (χ1) is 8.69. The minimum Gasteiger partial charge on any atom is -0.478 e. The van der Waals surface area contributed by atoms with Crippen LogP contribution in [-0.4, -0.2) is 29.1 Å². The van der Waals surface area contributed by atoms with Gasteiger partial charge >= 0.3 is 5.97 Å². The molecule has 1 aromatic rings. The van der Waals surface area contributed by atoms with Crippen LogP contribution in [0.4, 0.5) is 5.69 Å². The second kappa shape index (κ2) is 6.16. The first-order valence-electron chi connectivity index (χ1n) is 5.77. The van der Waals surface area contributed by atoms with Crippen LogP contribution >= 0.6 is 15.9 Å². The maximum atomic E-state index is 11.7. The molecular formula is C13H17BrN2O3. The van der Waals surface area contributed by atoms with Crippen molar-refractivity contribution >= 4 is 33.5 Å². The van der Waals surface area contributed by atoms with Gasteiger partial charge in [-0.15, -0.1) is 0 Å². The van der Waals surface area contributed by atoms with E-state index in [2.05, 4.69) is 26.6 Å². The molecule has 0 atom stereocenters. The van der Waals surface area contributed by atoms with Crippen molar-refractivity contribution in [2.75, 3.05) is 11.9 Å². The highest BCUT2D eigenvalue weighted by molar-refractivity contribution is 9.10. The number of hydrogen-bond donors (Lipinski definition) is 3. The van der Waals surface area contributed by atoms with Crippen molar-refractivity contribution in [2.45, 2.75) is 26.3 Å². The summed E-state index contributed by atoms with van der Waals surface area (Å²) in [6, 6.07) is 4.66. The van der Waals surface area contributed by atoms with Crippen LogP contribution in [0.2, 0.25) is 0 Å². The summed E-state index contributed by atoms with van der Waals surface area (Å²) in [6.07, 6.45) is 0. The number of nitrogens with one attached hydrogen (secondary N) is 2. The molecule has 0 unspecified atom stereocenters. The number of carbonyl (C=O) groups excluding carboxylic acids is 1. The van der Waals surface area contributed by atoms with Gasteiger partial charge in [-0.05, 0) is 54.9 Å². The number of carboxylic acid groups (broad SMARTS) is 1.